The Labute approximate surface area is 276 Å². The smallest absolute Gasteiger partial charge is 0.268 e. The van der Waals surface area contributed by atoms with E-state index in [-0.39, 0.29) is 19.1 Å². The van der Waals surface area contributed by atoms with Gasteiger partial charge in [-0.15, -0.1) is 0 Å². The van der Waals surface area contributed by atoms with Crippen molar-refractivity contribution in [1.29, 1.82) is 0 Å². The first kappa shape index (κ1) is 43.5. The molecule has 0 saturated carbocycles. The zero-order chi connectivity index (χ0) is 33.7. The molecule has 0 fully saturated rings. The van der Waals surface area contributed by atoms with Gasteiger partial charge in [-0.05, 0) is 51.4 Å². The number of phosphoric acid groups is 1. The molecule has 262 valence electrons. The molecule has 2 N–H and O–H groups in total. The average Bonchev–Trinajstić information content (AvgIpc) is 2.97. The van der Waals surface area contributed by atoms with Crippen molar-refractivity contribution < 1.29 is 32.9 Å². The van der Waals surface area contributed by atoms with Crippen molar-refractivity contribution in [3.8, 4) is 0 Å². The number of aliphatic hydroxyl groups is 1. The molecule has 0 spiro atoms. The molecule has 0 aromatic carbocycles. The molecule has 8 nitrogen and oxygen atoms in total. The van der Waals surface area contributed by atoms with Crippen molar-refractivity contribution in [2.75, 3.05) is 40.9 Å². The fourth-order valence-corrected chi connectivity index (χ4v) is 5.18. The second-order valence-corrected chi connectivity index (χ2v) is 14.3. The van der Waals surface area contributed by atoms with Gasteiger partial charge in [-0.25, -0.2) is 0 Å². The van der Waals surface area contributed by atoms with Crippen molar-refractivity contribution in [3.63, 3.8) is 0 Å². The van der Waals surface area contributed by atoms with Crippen LogP contribution in [0.1, 0.15) is 123 Å². The van der Waals surface area contributed by atoms with Crippen LogP contribution in [-0.4, -0.2) is 68.5 Å². The Morgan fingerprint density at radius 2 is 1.36 bits per heavy atom. The lowest BCUT2D eigenvalue weighted by Gasteiger charge is -2.29. The van der Waals surface area contributed by atoms with Crippen LogP contribution in [0.25, 0.3) is 0 Å². The topological polar surface area (TPSA) is 108 Å². The quantitative estimate of drug-likeness (QED) is 0.0353. The SMILES string of the molecule is CC/C=C\C/C=C\C/C=C\CCCCCCCCCC(=O)NC(COP(=O)([O-])OCC[N+](C)(C)C)C(O)/C=C/CCCCCC. The Morgan fingerprint density at radius 3 is 1.98 bits per heavy atom. The maximum atomic E-state index is 12.7. The average molecular weight is 655 g/mol. The molecule has 45 heavy (non-hydrogen) atoms. The second kappa shape index (κ2) is 28.7. The first-order valence-corrected chi connectivity index (χ1v) is 19.0. The van der Waals surface area contributed by atoms with Crippen molar-refractivity contribution in [2.24, 2.45) is 0 Å². The molecule has 0 saturated heterocycles. The van der Waals surface area contributed by atoms with E-state index in [9.17, 15) is 19.4 Å². The molecule has 0 rings (SSSR count). The van der Waals surface area contributed by atoms with Gasteiger partial charge >= 0.3 is 0 Å². The maximum Gasteiger partial charge on any atom is 0.268 e. The van der Waals surface area contributed by atoms with Gasteiger partial charge in [-0.2, -0.15) is 0 Å². The van der Waals surface area contributed by atoms with E-state index in [2.05, 4.69) is 55.6 Å². The van der Waals surface area contributed by atoms with Crippen molar-refractivity contribution in [2.45, 2.75) is 135 Å². The summed E-state index contributed by atoms with van der Waals surface area (Å²) in [7, 11) is 1.24. The first-order chi connectivity index (χ1) is 21.5. The van der Waals surface area contributed by atoms with E-state index in [0.29, 0.717) is 17.4 Å². The summed E-state index contributed by atoms with van der Waals surface area (Å²) in [5.41, 5.74) is 0. The second-order valence-electron chi connectivity index (χ2n) is 12.8. The van der Waals surface area contributed by atoms with Gasteiger partial charge in [0, 0.05) is 6.42 Å². The molecule has 3 unspecified atom stereocenters. The molecule has 3 atom stereocenters. The number of aliphatic hydroxyl groups excluding tert-OH is 1. The Balaban J connectivity index is 4.40. The lowest BCUT2D eigenvalue weighted by Crippen LogP contribution is -2.45. The van der Waals surface area contributed by atoms with Crippen LogP contribution >= 0.6 is 7.82 Å². The van der Waals surface area contributed by atoms with Gasteiger partial charge in [0.15, 0.2) is 0 Å². The highest BCUT2D eigenvalue weighted by molar-refractivity contribution is 7.45. The molecular weight excluding hydrogens is 587 g/mol. The molecule has 0 bridgehead atoms. The molecule has 0 aromatic heterocycles. The minimum absolute atomic E-state index is 0.00594. The summed E-state index contributed by atoms with van der Waals surface area (Å²) in [5.74, 6) is -0.218. The van der Waals surface area contributed by atoms with Gasteiger partial charge < -0.3 is 28.8 Å². The van der Waals surface area contributed by atoms with Gasteiger partial charge in [0.2, 0.25) is 5.91 Å². The highest BCUT2D eigenvalue weighted by Gasteiger charge is 2.23. The Hall–Kier alpha value is -1.54. The zero-order valence-corrected chi connectivity index (χ0v) is 30.2. The van der Waals surface area contributed by atoms with Crippen LogP contribution in [-0.2, 0) is 18.4 Å². The molecule has 0 heterocycles. The lowest BCUT2D eigenvalue weighted by molar-refractivity contribution is -0.870. The van der Waals surface area contributed by atoms with E-state index in [4.69, 9.17) is 9.05 Å². The van der Waals surface area contributed by atoms with E-state index in [1.807, 2.05) is 27.2 Å². The Bertz CT molecular complexity index is 881. The fourth-order valence-electron chi connectivity index (χ4n) is 4.46. The number of carbonyl (C=O) groups excluding carboxylic acids is 1. The third kappa shape index (κ3) is 30.9. The van der Waals surface area contributed by atoms with Gasteiger partial charge in [0.1, 0.15) is 13.2 Å². The van der Waals surface area contributed by atoms with Crippen LogP contribution in [0.4, 0.5) is 0 Å². The molecular formula is C36H67N2O6P. The van der Waals surface area contributed by atoms with Crippen molar-refractivity contribution in [1.82, 2.24) is 5.32 Å². The molecule has 0 aliphatic rings. The number of amides is 1. The number of hydrogen-bond acceptors (Lipinski definition) is 6. The number of hydrogen-bond donors (Lipinski definition) is 2. The van der Waals surface area contributed by atoms with Crippen molar-refractivity contribution in [3.05, 3.63) is 48.6 Å². The Morgan fingerprint density at radius 1 is 0.800 bits per heavy atom. The Kier molecular flexibility index (Phi) is 27.7. The summed E-state index contributed by atoms with van der Waals surface area (Å²) in [6, 6.07) is -0.887. The first-order valence-electron chi connectivity index (χ1n) is 17.5. The van der Waals surface area contributed by atoms with Crippen LogP contribution < -0.4 is 10.2 Å². The number of nitrogens with one attached hydrogen (secondary N) is 1. The van der Waals surface area contributed by atoms with Crippen LogP contribution in [0.3, 0.4) is 0 Å². The predicted octanol–water partition coefficient (Wildman–Crippen LogP) is 7.94. The summed E-state index contributed by atoms with van der Waals surface area (Å²) in [6.07, 6.45) is 33.2. The number of quaternary nitrogens is 1. The zero-order valence-electron chi connectivity index (χ0n) is 29.3. The minimum atomic E-state index is -4.57. The number of phosphoric ester groups is 1. The number of rotatable bonds is 30. The van der Waals surface area contributed by atoms with Gasteiger partial charge in [0.25, 0.3) is 7.82 Å². The fraction of sp³-hybridized carbons (Fsp3) is 0.750. The molecule has 1 amide bonds. The molecule has 0 aliphatic carbocycles. The minimum Gasteiger partial charge on any atom is -0.756 e. The van der Waals surface area contributed by atoms with Gasteiger partial charge in [-0.3, -0.25) is 9.36 Å². The van der Waals surface area contributed by atoms with Crippen LogP contribution in [0.2, 0.25) is 0 Å². The predicted molar refractivity (Wildman–Crippen MR) is 187 cm³/mol. The summed E-state index contributed by atoms with van der Waals surface area (Å²) >= 11 is 0. The number of allylic oxidation sites excluding steroid dienone is 7. The summed E-state index contributed by atoms with van der Waals surface area (Å²) in [4.78, 5) is 25.0. The molecule has 0 aromatic rings. The maximum absolute atomic E-state index is 12.7. The van der Waals surface area contributed by atoms with Crippen molar-refractivity contribution >= 4 is 13.7 Å². The van der Waals surface area contributed by atoms with Gasteiger partial charge in [-0.1, -0.05) is 114 Å². The highest BCUT2D eigenvalue weighted by atomic mass is 31.2. The number of carbonyl (C=O) groups is 1. The van der Waals surface area contributed by atoms with E-state index in [1.165, 1.54) is 25.7 Å². The third-order valence-corrected chi connectivity index (χ3v) is 8.26. The number of likely N-dealkylation sites (N-methyl/N-ethyl adjacent to an activating group) is 1. The van der Waals surface area contributed by atoms with E-state index >= 15 is 0 Å². The largest absolute Gasteiger partial charge is 0.756 e. The van der Waals surface area contributed by atoms with E-state index in [1.54, 1.807) is 6.08 Å². The van der Waals surface area contributed by atoms with Crippen LogP contribution in [0.15, 0.2) is 48.6 Å². The lowest BCUT2D eigenvalue weighted by atomic mass is 10.1. The van der Waals surface area contributed by atoms with E-state index in [0.717, 1.165) is 77.0 Å². The number of nitrogens with zero attached hydrogens (tertiary/aromatic N) is 1. The van der Waals surface area contributed by atoms with Gasteiger partial charge in [0.05, 0.1) is 39.9 Å². The number of unbranched alkanes of at least 4 members (excludes halogenated alkanes) is 11. The normalized spacial score (nSPS) is 15.4. The standard InChI is InChI=1S/C36H67N2O6P/c1-6-8-10-12-14-15-16-17-18-19-20-21-22-23-24-26-28-30-36(40)37-34(35(39)29-27-25-13-11-9-7-2)33-44-45(41,42)43-32-31-38(3,4)5/h8,10,14-15,17-18,27,29,34-35,39H,6-7,9,11-13,16,19-26,28,30-33H2,1-5H3,(H-,37,40,41,42)/b10-8-,15-14-,18-17-,29-27+. The molecule has 9 heteroatoms. The summed E-state index contributed by atoms with van der Waals surface area (Å²) < 4.78 is 22.9. The summed E-state index contributed by atoms with van der Waals surface area (Å²) in [5, 5.41) is 13.5. The van der Waals surface area contributed by atoms with Crippen LogP contribution in [0, 0.1) is 0 Å². The monoisotopic (exact) mass is 654 g/mol. The molecule has 0 aliphatic heterocycles. The van der Waals surface area contributed by atoms with Crippen LogP contribution in [0.5, 0.6) is 0 Å². The molecule has 0 radical (unpaired) electrons. The van der Waals surface area contributed by atoms with E-state index < -0.39 is 20.0 Å². The summed E-state index contributed by atoms with van der Waals surface area (Å²) in [6.45, 7) is 4.40. The highest BCUT2D eigenvalue weighted by Crippen LogP contribution is 2.38. The third-order valence-electron chi connectivity index (χ3n) is 7.29.